The Labute approximate surface area is 166 Å². The largest absolute Gasteiger partial charge is 0.463 e. The zero-order valence-corrected chi connectivity index (χ0v) is 15.8. The minimum absolute atomic E-state index is 0.0359. The van der Waals surface area contributed by atoms with Crippen LogP contribution < -0.4 is 5.32 Å². The molecule has 1 saturated carbocycles. The fourth-order valence-corrected chi connectivity index (χ4v) is 3.37. The van der Waals surface area contributed by atoms with Crippen LogP contribution in [0.25, 0.3) is 33.6 Å². The number of aromatic nitrogens is 5. The number of furan rings is 1. The van der Waals surface area contributed by atoms with Gasteiger partial charge in [0.1, 0.15) is 17.7 Å². The molecule has 0 unspecified atom stereocenters. The molecule has 4 aromatic rings. The predicted octanol–water partition coefficient (Wildman–Crippen LogP) is 3.79. The molecule has 1 aliphatic rings. The Kier molecular flexibility index (Phi) is 4.23. The zero-order chi connectivity index (χ0) is 19.8. The molecular weight excluding hydrogens is 368 g/mol. The van der Waals surface area contributed by atoms with Crippen molar-refractivity contribution >= 4 is 22.8 Å². The molecule has 1 fully saturated rings. The number of nitrogens with one attached hydrogen (secondary N) is 1. The van der Waals surface area contributed by atoms with E-state index in [-0.39, 0.29) is 17.8 Å². The number of nitrogens with zero attached hydrogens (tertiary/aromatic N) is 5. The Morgan fingerprint density at radius 2 is 2.03 bits per heavy atom. The Hall–Kier alpha value is -3.68. The summed E-state index contributed by atoms with van der Waals surface area (Å²) in [6.45, 7) is 1.93. The van der Waals surface area contributed by atoms with E-state index in [0.29, 0.717) is 17.1 Å². The summed E-state index contributed by atoms with van der Waals surface area (Å²) in [4.78, 5) is 25.4. The van der Waals surface area contributed by atoms with E-state index in [1.165, 1.54) is 0 Å². The standard InChI is InChI=1S/C21H18N6O2/c1-12-15-10-14(7-8-16(15)23-11-22-12)18-19(17-6-3-9-29-17)24-21(27-26-18)25-20(28)13-4-2-5-13/h3,6-11,13H,2,4-5H2,1H3,(H,24,25,27,28). The van der Waals surface area contributed by atoms with Crippen molar-refractivity contribution in [1.29, 1.82) is 0 Å². The van der Waals surface area contributed by atoms with Crippen molar-refractivity contribution in [2.24, 2.45) is 5.92 Å². The van der Waals surface area contributed by atoms with Gasteiger partial charge in [-0.1, -0.05) is 12.5 Å². The Bertz CT molecular complexity index is 1200. The summed E-state index contributed by atoms with van der Waals surface area (Å²) < 4.78 is 5.57. The molecule has 1 aliphatic carbocycles. The van der Waals surface area contributed by atoms with Crippen LogP contribution in [0.3, 0.4) is 0 Å². The third-order valence-corrected chi connectivity index (χ3v) is 5.26. The summed E-state index contributed by atoms with van der Waals surface area (Å²) in [7, 11) is 0. The van der Waals surface area contributed by atoms with Crippen molar-refractivity contribution in [3.63, 3.8) is 0 Å². The molecular formula is C21H18N6O2. The van der Waals surface area contributed by atoms with Crippen LogP contribution in [0.2, 0.25) is 0 Å². The fourth-order valence-electron chi connectivity index (χ4n) is 3.37. The van der Waals surface area contributed by atoms with Crippen LogP contribution in [-0.4, -0.2) is 31.1 Å². The second kappa shape index (κ2) is 7.05. The Morgan fingerprint density at radius 1 is 1.14 bits per heavy atom. The molecule has 8 heteroatoms. The number of aryl methyl sites for hydroxylation is 1. The maximum atomic E-state index is 12.3. The van der Waals surface area contributed by atoms with Gasteiger partial charge in [0.2, 0.25) is 11.9 Å². The molecule has 0 aliphatic heterocycles. The number of anilines is 1. The number of amides is 1. The minimum Gasteiger partial charge on any atom is -0.463 e. The van der Waals surface area contributed by atoms with Gasteiger partial charge in [0.25, 0.3) is 0 Å². The molecule has 3 heterocycles. The van der Waals surface area contributed by atoms with Crippen LogP contribution in [0.5, 0.6) is 0 Å². The normalized spacial score (nSPS) is 14.0. The monoisotopic (exact) mass is 386 g/mol. The topological polar surface area (TPSA) is 107 Å². The molecule has 0 spiro atoms. The molecule has 1 amide bonds. The highest BCUT2D eigenvalue weighted by atomic mass is 16.3. The summed E-state index contributed by atoms with van der Waals surface area (Å²) in [6, 6.07) is 9.39. The first-order valence-corrected chi connectivity index (χ1v) is 9.50. The lowest BCUT2D eigenvalue weighted by Gasteiger charge is -2.23. The lowest BCUT2D eigenvalue weighted by Crippen LogP contribution is -2.29. The van der Waals surface area contributed by atoms with E-state index in [0.717, 1.165) is 41.4 Å². The smallest absolute Gasteiger partial charge is 0.250 e. The predicted molar refractivity (Wildman–Crippen MR) is 107 cm³/mol. The lowest BCUT2D eigenvalue weighted by atomic mass is 9.85. The van der Waals surface area contributed by atoms with Gasteiger partial charge in [-0.05, 0) is 44.0 Å². The summed E-state index contributed by atoms with van der Waals surface area (Å²) in [5, 5.41) is 12.2. The highest BCUT2D eigenvalue weighted by Gasteiger charge is 2.26. The van der Waals surface area contributed by atoms with Gasteiger partial charge in [-0.2, -0.15) is 0 Å². The Morgan fingerprint density at radius 3 is 2.79 bits per heavy atom. The number of rotatable bonds is 4. The van der Waals surface area contributed by atoms with Crippen molar-refractivity contribution in [1.82, 2.24) is 25.1 Å². The van der Waals surface area contributed by atoms with Crippen molar-refractivity contribution in [3.8, 4) is 22.7 Å². The van der Waals surface area contributed by atoms with Gasteiger partial charge >= 0.3 is 0 Å². The van der Waals surface area contributed by atoms with E-state index in [2.05, 4.69) is 30.5 Å². The van der Waals surface area contributed by atoms with Crippen LogP contribution in [0.1, 0.15) is 25.0 Å². The second-order valence-corrected chi connectivity index (χ2v) is 7.12. The maximum absolute atomic E-state index is 12.3. The van der Waals surface area contributed by atoms with Gasteiger partial charge in [-0.3, -0.25) is 10.1 Å². The molecule has 8 nitrogen and oxygen atoms in total. The zero-order valence-electron chi connectivity index (χ0n) is 15.8. The highest BCUT2D eigenvalue weighted by Crippen LogP contribution is 2.32. The molecule has 0 bridgehead atoms. The van der Waals surface area contributed by atoms with Crippen molar-refractivity contribution in [2.75, 3.05) is 5.32 Å². The molecule has 0 radical (unpaired) electrons. The van der Waals surface area contributed by atoms with E-state index in [4.69, 9.17) is 4.42 Å². The molecule has 0 saturated heterocycles. The lowest BCUT2D eigenvalue weighted by molar-refractivity contribution is -0.122. The van der Waals surface area contributed by atoms with Gasteiger partial charge in [0, 0.05) is 22.6 Å². The Balaban J connectivity index is 1.59. The summed E-state index contributed by atoms with van der Waals surface area (Å²) in [6.07, 6.45) is 6.01. The first-order valence-electron chi connectivity index (χ1n) is 9.50. The van der Waals surface area contributed by atoms with Crippen LogP contribution in [0.4, 0.5) is 5.95 Å². The van der Waals surface area contributed by atoms with E-state index in [1.54, 1.807) is 24.7 Å². The van der Waals surface area contributed by atoms with Crippen LogP contribution in [-0.2, 0) is 4.79 Å². The van der Waals surface area contributed by atoms with Gasteiger partial charge in [-0.15, -0.1) is 10.2 Å². The first kappa shape index (κ1) is 17.4. The number of carbonyl (C=O) groups is 1. The molecule has 5 rings (SSSR count). The number of hydrogen-bond acceptors (Lipinski definition) is 7. The third-order valence-electron chi connectivity index (χ3n) is 5.26. The van der Waals surface area contributed by atoms with E-state index < -0.39 is 0 Å². The minimum atomic E-state index is -0.0605. The number of carbonyl (C=O) groups excluding carboxylic acids is 1. The maximum Gasteiger partial charge on any atom is 0.250 e. The summed E-state index contributed by atoms with van der Waals surface area (Å²) >= 11 is 0. The quantitative estimate of drug-likeness (QED) is 0.568. The average Bonchev–Trinajstić information content (AvgIpc) is 3.21. The molecule has 144 valence electrons. The molecule has 1 aromatic carbocycles. The number of fused-ring (bicyclic) bond motifs is 1. The second-order valence-electron chi connectivity index (χ2n) is 7.12. The van der Waals surface area contributed by atoms with Crippen molar-refractivity contribution < 1.29 is 9.21 Å². The van der Waals surface area contributed by atoms with Crippen LogP contribution in [0.15, 0.2) is 47.3 Å². The number of benzene rings is 1. The molecule has 29 heavy (non-hydrogen) atoms. The third kappa shape index (κ3) is 3.22. The number of hydrogen-bond donors (Lipinski definition) is 1. The molecule has 0 atom stereocenters. The van der Waals surface area contributed by atoms with Crippen molar-refractivity contribution in [2.45, 2.75) is 26.2 Å². The molecule has 3 aromatic heterocycles. The molecule has 1 N–H and O–H groups in total. The van der Waals surface area contributed by atoms with Crippen molar-refractivity contribution in [3.05, 3.63) is 48.6 Å². The first-order chi connectivity index (χ1) is 14.2. The van der Waals surface area contributed by atoms with Gasteiger partial charge in [-0.25, -0.2) is 15.0 Å². The average molecular weight is 386 g/mol. The van der Waals surface area contributed by atoms with E-state index in [1.807, 2.05) is 25.1 Å². The van der Waals surface area contributed by atoms with E-state index in [9.17, 15) is 4.79 Å². The highest BCUT2D eigenvalue weighted by molar-refractivity contribution is 5.92. The van der Waals surface area contributed by atoms with Crippen LogP contribution >= 0.6 is 0 Å². The fraction of sp³-hybridized carbons (Fsp3) is 0.238. The van der Waals surface area contributed by atoms with E-state index >= 15 is 0 Å². The van der Waals surface area contributed by atoms with Crippen LogP contribution in [0, 0.1) is 12.8 Å². The van der Waals surface area contributed by atoms with Gasteiger partial charge in [0.05, 0.1) is 11.8 Å². The SMILES string of the molecule is Cc1ncnc2ccc(-c3nnc(NC(=O)C4CCC4)nc3-c3ccco3)cc12. The van der Waals surface area contributed by atoms with Gasteiger partial charge in [0.15, 0.2) is 5.76 Å². The summed E-state index contributed by atoms with van der Waals surface area (Å²) in [5.41, 5.74) is 3.63. The summed E-state index contributed by atoms with van der Waals surface area (Å²) in [5.74, 6) is 0.705. The van der Waals surface area contributed by atoms with Gasteiger partial charge < -0.3 is 4.42 Å².